The van der Waals surface area contributed by atoms with Gasteiger partial charge in [0, 0.05) is 5.56 Å². The van der Waals surface area contributed by atoms with E-state index in [9.17, 15) is 9.90 Å². The summed E-state index contributed by atoms with van der Waals surface area (Å²) in [5.74, 6) is 0.0695. The summed E-state index contributed by atoms with van der Waals surface area (Å²) in [6, 6.07) is 17.0. The van der Waals surface area contributed by atoms with Crippen LogP contribution in [0.4, 0.5) is 0 Å². The maximum absolute atomic E-state index is 11.2. The minimum Gasteiger partial charge on any atom is -0.388 e. The van der Waals surface area contributed by atoms with Gasteiger partial charge < -0.3 is 5.11 Å². The smallest absolute Gasteiger partial charge is 0.159 e. The fraction of sp³-hybridized carbons (Fsp3) is 0.167. The SMILES string of the molecule is CC(=O)c1ccc(C=CCC(O)c2ccccc2)cc1. The van der Waals surface area contributed by atoms with E-state index in [0.717, 1.165) is 11.1 Å². The lowest BCUT2D eigenvalue weighted by molar-refractivity contribution is 0.101. The van der Waals surface area contributed by atoms with Crippen LogP contribution in [0.3, 0.4) is 0 Å². The normalized spacial score (nSPS) is 12.5. The average Bonchev–Trinajstić information content (AvgIpc) is 2.48. The molecule has 0 saturated heterocycles. The number of carbonyl (C=O) groups excluding carboxylic acids is 1. The lowest BCUT2D eigenvalue weighted by Crippen LogP contribution is -1.94. The second kappa shape index (κ2) is 6.83. The van der Waals surface area contributed by atoms with E-state index in [1.807, 2.05) is 66.7 Å². The fourth-order valence-corrected chi connectivity index (χ4v) is 1.97. The highest BCUT2D eigenvalue weighted by atomic mass is 16.3. The molecule has 1 N–H and O–H groups in total. The first-order chi connectivity index (χ1) is 9.66. The summed E-state index contributed by atoms with van der Waals surface area (Å²) in [6.45, 7) is 1.56. The Morgan fingerprint density at radius 2 is 1.75 bits per heavy atom. The van der Waals surface area contributed by atoms with Crippen LogP contribution in [0.5, 0.6) is 0 Å². The highest BCUT2D eigenvalue weighted by Crippen LogP contribution is 2.17. The Labute approximate surface area is 119 Å². The van der Waals surface area contributed by atoms with Crippen molar-refractivity contribution in [3.8, 4) is 0 Å². The van der Waals surface area contributed by atoms with Gasteiger partial charge in [0.25, 0.3) is 0 Å². The van der Waals surface area contributed by atoms with E-state index in [1.54, 1.807) is 6.92 Å². The zero-order valence-electron chi connectivity index (χ0n) is 11.5. The van der Waals surface area contributed by atoms with Gasteiger partial charge in [0.2, 0.25) is 0 Å². The Morgan fingerprint density at radius 3 is 2.35 bits per heavy atom. The summed E-state index contributed by atoms with van der Waals surface area (Å²) in [5, 5.41) is 10.0. The molecule has 2 nitrogen and oxygen atoms in total. The van der Waals surface area contributed by atoms with E-state index in [0.29, 0.717) is 12.0 Å². The van der Waals surface area contributed by atoms with Gasteiger partial charge in [-0.15, -0.1) is 0 Å². The number of hydrogen-bond donors (Lipinski definition) is 1. The van der Waals surface area contributed by atoms with E-state index in [-0.39, 0.29) is 5.78 Å². The van der Waals surface area contributed by atoms with Crippen molar-refractivity contribution in [1.82, 2.24) is 0 Å². The Kier molecular flexibility index (Phi) is 4.85. The molecule has 2 rings (SSSR count). The standard InChI is InChI=1S/C18H18O2/c1-14(19)16-12-10-15(11-13-16)6-5-9-18(20)17-7-3-2-4-8-17/h2-8,10-13,18,20H,9H2,1H3. The van der Waals surface area contributed by atoms with Crippen LogP contribution in [-0.4, -0.2) is 10.9 Å². The van der Waals surface area contributed by atoms with Crippen molar-refractivity contribution in [2.75, 3.05) is 0 Å². The quantitative estimate of drug-likeness (QED) is 0.830. The molecule has 0 saturated carbocycles. The average molecular weight is 266 g/mol. The van der Waals surface area contributed by atoms with Gasteiger partial charge in [-0.25, -0.2) is 0 Å². The van der Waals surface area contributed by atoms with Crippen LogP contribution in [0, 0.1) is 0 Å². The molecule has 20 heavy (non-hydrogen) atoms. The summed E-state index contributed by atoms with van der Waals surface area (Å²) in [7, 11) is 0. The Balaban J connectivity index is 1.95. The highest BCUT2D eigenvalue weighted by Gasteiger charge is 2.03. The number of benzene rings is 2. The number of ketones is 1. The van der Waals surface area contributed by atoms with Crippen LogP contribution in [-0.2, 0) is 0 Å². The monoisotopic (exact) mass is 266 g/mol. The molecule has 0 aliphatic carbocycles. The van der Waals surface area contributed by atoms with Crippen molar-refractivity contribution in [1.29, 1.82) is 0 Å². The number of Topliss-reactive ketones (excluding diaryl/α,β-unsaturated/α-hetero) is 1. The van der Waals surface area contributed by atoms with Crippen molar-refractivity contribution < 1.29 is 9.90 Å². The molecule has 0 aromatic heterocycles. The van der Waals surface area contributed by atoms with Gasteiger partial charge in [-0.3, -0.25) is 4.79 Å². The van der Waals surface area contributed by atoms with Crippen LogP contribution >= 0.6 is 0 Å². The third kappa shape index (κ3) is 3.90. The zero-order valence-corrected chi connectivity index (χ0v) is 11.5. The number of carbonyl (C=O) groups is 1. The topological polar surface area (TPSA) is 37.3 Å². The van der Waals surface area contributed by atoms with Crippen LogP contribution in [0.1, 0.15) is 40.9 Å². The van der Waals surface area contributed by atoms with Gasteiger partial charge in [0.15, 0.2) is 5.78 Å². The van der Waals surface area contributed by atoms with Crippen LogP contribution in [0.2, 0.25) is 0 Å². The number of hydrogen-bond acceptors (Lipinski definition) is 2. The predicted molar refractivity (Wildman–Crippen MR) is 81.5 cm³/mol. The summed E-state index contributed by atoms with van der Waals surface area (Å²) >= 11 is 0. The number of rotatable bonds is 5. The molecular formula is C18H18O2. The lowest BCUT2D eigenvalue weighted by Gasteiger charge is -2.07. The van der Waals surface area contributed by atoms with Gasteiger partial charge >= 0.3 is 0 Å². The summed E-state index contributed by atoms with van der Waals surface area (Å²) in [5.41, 5.74) is 2.66. The summed E-state index contributed by atoms with van der Waals surface area (Å²) in [4.78, 5) is 11.2. The zero-order chi connectivity index (χ0) is 14.4. The number of aliphatic hydroxyl groups is 1. The summed E-state index contributed by atoms with van der Waals surface area (Å²) in [6.07, 6.45) is 3.98. The molecule has 1 atom stereocenters. The van der Waals surface area contributed by atoms with Crippen molar-refractivity contribution in [2.45, 2.75) is 19.4 Å². The Bertz CT molecular complexity index is 583. The lowest BCUT2D eigenvalue weighted by atomic mass is 10.1. The Hall–Kier alpha value is -2.19. The van der Waals surface area contributed by atoms with E-state index in [1.165, 1.54) is 0 Å². The fourth-order valence-electron chi connectivity index (χ4n) is 1.97. The first kappa shape index (κ1) is 14.2. The minimum absolute atomic E-state index is 0.0695. The van der Waals surface area contributed by atoms with Gasteiger partial charge in [-0.05, 0) is 24.5 Å². The van der Waals surface area contributed by atoms with Crippen LogP contribution in [0.25, 0.3) is 6.08 Å². The van der Waals surface area contributed by atoms with Crippen LogP contribution < -0.4 is 0 Å². The third-order valence-corrected chi connectivity index (χ3v) is 3.17. The van der Waals surface area contributed by atoms with E-state index < -0.39 is 6.10 Å². The molecule has 0 fully saturated rings. The van der Waals surface area contributed by atoms with Crippen molar-refractivity contribution in [2.24, 2.45) is 0 Å². The van der Waals surface area contributed by atoms with E-state index in [2.05, 4.69) is 0 Å². The molecule has 2 heteroatoms. The van der Waals surface area contributed by atoms with Crippen molar-refractivity contribution in [3.63, 3.8) is 0 Å². The molecule has 0 spiro atoms. The summed E-state index contributed by atoms with van der Waals surface area (Å²) < 4.78 is 0. The molecule has 0 amide bonds. The highest BCUT2D eigenvalue weighted by molar-refractivity contribution is 5.94. The molecule has 1 unspecified atom stereocenters. The van der Waals surface area contributed by atoms with Crippen molar-refractivity contribution in [3.05, 3.63) is 77.4 Å². The van der Waals surface area contributed by atoms with E-state index >= 15 is 0 Å². The second-order valence-electron chi connectivity index (χ2n) is 4.74. The number of aliphatic hydroxyl groups excluding tert-OH is 1. The Morgan fingerprint density at radius 1 is 1.10 bits per heavy atom. The molecule has 2 aromatic rings. The maximum Gasteiger partial charge on any atom is 0.159 e. The molecule has 0 bridgehead atoms. The molecule has 102 valence electrons. The molecular weight excluding hydrogens is 248 g/mol. The minimum atomic E-state index is -0.482. The molecule has 2 aromatic carbocycles. The first-order valence-corrected chi connectivity index (χ1v) is 6.67. The van der Waals surface area contributed by atoms with Gasteiger partial charge in [0.1, 0.15) is 0 Å². The largest absolute Gasteiger partial charge is 0.388 e. The molecule has 0 heterocycles. The van der Waals surface area contributed by atoms with E-state index in [4.69, 9.17) is 0 Å². The third-order valence-electron chi connectivity index (χ3n) is 3.17. The van der Waals surface area contributed by atoms with Gasteiger partial charge in [0.05, 0.1) is 6.10 Å². The first-order valence-electron chi connectivity index (χ1n) is 6.67. The van der Waals surface area contributed by atoms with Crippen molar-refractivity contribution >= 4 is 11.9 Å². The van der Waals surface area contributed by atoms with Gasteiger partial charge in [-0.1, -0.05) is 66.7 Å². The predicted octanol–water partition coefficient (Wildman–Crippen LogP) is 4.03. The molecule has 0 radical (unpaired) electrons. The molecule has 0 aliphatic rings. The maximum atomic E-state index is 11.2. The van der Waals surface area contributed by atoms with Gasteiger partial charge in [-0.2, -0.15) is 0 Å². The van der Waals surface area contributed by atoms with Crippen LogP contribution in [0.15, 0.2) is 60.7 Å². The second-order valence-corrected chi connectivity index (χ2v) is 4.74. The molecule has 0 aliphatic heterocycles.